The fraction of sp³-hybridized carbons (Fsp3) is 0.542. The van der Waals surface area contributed by atoms with E-state index >= 15 is 4.39 Å². The average Bonchev–Trinajstić information content (AvgIpc) is 3.90. The van der Waals surface area contributed by atoms with E-state index in [1.165, 1.54) is 18.0 Å². The molecule has 4 aromatic heterocycles. The van der Waals surface area contributed by atoms with E-state index in [0.29, 0.717) is 64.3 Å². The summed E-state index contributed by atoms with van der Waals surface area (Å²) in [7, 11) is 0. The number of nitrogen functional groups attached to an aromatic ring is 1. The molecule has 8 heterocycles. The van der Waals surface area contributed by atoms with E-state index < -0.39 is 6.04 Å². The van der Waals surface area contributed by atoms with Gasteiger partial charge in [-0.1, -0.05) is 30.5 Å². The van der Waals surface area contributed by atoms with E-state index in [9.17, 15) is 14.4 Å². The predicted octanol–water partition coefficient (Wildman–Crippen LogP) is 6.81. The highest BCUT2D eigenvalue weighted by Gasteiger charge is 2.51. The Bertz CT molecular complexity index is 2570. The van der Waals surface area contributed by atoms with Crippen molar-refractivity contribution in [2.24, 2.45) is 5.41 Å². The third-order valence-corrected chi connectivity index (χ3v) is 14.2. The Morgan fingerprint density at radius 2 is 1.72 bits per heavy atom. The summed E-state index contributed by atoms with van der Waals surface area (Å²) in [6.07, 6.45) is 14.1. The van der Waals surface area contributed by atoms with Gasteiger partial charge in [0.1, 0.15) is 41.2 Å². The van der Waals surface area contributed by atoms with Crippen molar-refractivity contribution in [1.82, 2.24) is 45.0 Å². The molecule has 5 aromatic rings. The summed E-state index contributed by atoms with van der Waals surface area (Å²) in [5.41, 5.74) is 12.5. The zero-order chi connectivity index (χ0) is 44.8. The van der Waals surface area contributed by atoms with Gasteiger partial charge >= 0.3 is 0 Å². The normalized spacial score (nSPS) is 20.1. The molecule has 1 unspecified atom stereocenters. The predicted molar refractivity (Wildman–Crippen MR) is 244 cm³/mol. The maximum Gasteiger partial charge on any atom is 0.249 e. The van der Waals surface area contributed by atoms with Gasteiger partial charge in [-0.25, -0.2) is 19.0 Å². The molecule has 1 aromatic carbocycles. The zero-order valence-electron chi connectivity index (χ0n) is 37.4. The summed E-state index contributed by atoms with van der Waals surface area (Å²) in [5, 5.41) is 15.5. The maximum absolute atomic E-state index is 15.1. The van der Waals surface area contributed by atoms with Crippen molar-refractivity contribution < 1.29 is 23.3 Å². The van der Waals surface area contributed by atoms with E-state index in [2.05, 4.69) is 61.5 Å². The number of hydrogen-bond donors (Lipinski definition) is 3. The number of halogens is 1. The Hall–Kier alpha value is -5.97. The third kappa shape index (κ3) is 8.78. The molecule has 5 aliphatic rings. The monoisotopic (exact) mass is 886 g/mol. The summed E-state index contributed by atoms with van der Waals surface area (Å²) in [4.78, 5) is 57.1. The van der Waals surface area contributed by atoms with E-state index in [0.717, 1.165) is 121 Å². The van der Waals surface area contributed by atoms with Crippen LogP contribution in [0.25, 0.3) is 33.7 Å². The van der Waals surface area contributed by atoms with Crippen LogP contribution in [0.5, 0.6) is 0 Å². The van der Waals surface area contributed by atoms with Gasteiger partial charge in [-0.15, -0.1) is 0 Å². The number of nitrogens with zero attached hydrogens (tertiary/aromatic N) is 9. The minimum Gasteiger partial charge on any atom is -0.383 e. The number of aromatic nitrogens is 6. The molecular formula is C48H59FN12O4. The smallest absolute Gasteiger partial charge is 0.249 e. The van der Waals surface area contributed by atoms with Gasteiger partial charge in [-0.2, -0.15) is 5.10 Å². The second-order valence-electron chi connectivity index (χ2n) is 19.4. The molecule has 3 amide bonds. The van der Waals surface area contributed by atoms with Crippen molar-refractivity contribution >= 4 is 45.9 Å². The molecule has 16 nitrogen and oxygen atoms in total. The number of rotatable bonds is 16. The van der Waals surface area contributed by atoms with Crippen LogP contribution < -0.4 is 21.3 Å². The molecule has 4 saturated heterocycles. The van der Waals surface area contributed by atoms with E-state index in [4.69, 9.17) is 20.3 Å². The highest BCUT2D eigenvalue weighted by molar-refractivity contribution is 6.02. The number of likely N-dealkylation sites (tertiary alicyclic amines) is 2. The molecule has 1 saturated carbocycles. The topological polar surface area (TPSA) is 194 Å². The van der Waals surface area contributed by atoms with Crippen LogP contribution in [0, 0.1) is 11.2 Å². The number of nitrogens with one attached hydrogen (secondary N) is 2. The summed E-state index contributed by atoms with van der Waals surface area (Å²) < 4.78 is 22.9. The molecule has 1 aliphatic carbocycles. The first kappa shape index (κ1) is 43.0. The molecule has 65 heavy (non-hydrogen) atoms. The Balaban J connectivity index is 0.626. The molecule has 342 valence electrons. The SMILES string of the molecule is CC(C)n1nc(-c2noc(C3CC3)c2-c2ccc(C3CCN(C(=O)CCCCCCCN4CC5(C4)CN(c4ccc(NC6CCC(=O)NC6=O)cc4F)C5)CC3)cn2)c2c(N)ncnc21. The molecule has 10 rings (SSSR count). The molecular weight excluding hydrogens is 828 g/mol. The van der Waals surface area contributed by atoms with Crippen LogP contribution >= 0.6 is 0 Å². The van der Waals surface area contributed by atoms with Crippen LogP contribution in [0.15, 0.2) is 47.4 Å². The number of nitrogens with two attached hydrogens (primary N) is 1. The van der Waals surface area contributed by atoms with Crippen molar-refractivity contribution in [2.45, 2.75) is 115 Å². The molecule has 0 radical (unpaired) electrons. The van der Waals surface area contributed by atoms with Crippen LogP contribution in [-0.4, -0.2) is 109 Å². The molecule has 1 spiro atoms. The standard InChI is InChI=1S/C48H59FN12O4/c1-29(2)61-46-41(45(50)52-28-53-46)42(56-61)43-40(44(65-57-43)31-9-10-31)35-13-11-32(23-51-35)30-17-20-59(21-18-30)39(63)8-6-4-3-5-7-19-58-24-48(25-58)26-60(27-48)37-15-12-33(22-34(37)49)54-36-14-16-38(62)55-47(36)64/h11-13,15,22-23,28-31,36,54H,3-10,14,16-21,24-27H2,1-2H3,(H2,50,52,53)(H,55,62,64). The number of piperidine rings is 2. The van der Waals surface area contributed by atoms with E-state index in [1.54, 1.807) is 12.1 Å². The van der Waals surface area contributed by atoms with Gasteiger partial charge in [0.05, 0.1) is 22.3 Å². The van der Waals surface area contributed by atoms with Crippen molar-refractivity contribution in [3.8, 4) is 22.6 Å². The van der Waals surface area contributed by atoms with Crippen molar-refractivity contribution in [2.75, 3.05) is 61.8 Å². The Morgan fingerprint density at radius 3 is 2.45 bits per heavy atom. The van der Waals surface area contributed by atoms with Crippen LogP contribution in [0.1, 0.15) is 120 Å². The van der Waals surface area contributed by atoms with Gasteiger partial charge in [-0.3, -0.25) is 24.7 Å². The minimum absolute atomic E-state index is 0.0575. The minimum atomic E-state index is -0.537. The van der Waals surface area contributed by atoms with Gasteiger partial charge in [0.2, 0.25) is 17.7 Å². The lowest BCUT2D eigenvalue weighted by Gasteiger charge is -2.61. The van der Waals surface area contributed by atoms with Crippen LogP contribution in [0.3, 0.4) is 0 Å². The molecule has 5 fully saturated rings. The van der Waals surface area contributed by atoms with Crippen molar-refractivity contribution in [1.29, 1.82) is 0 Å². The highest BCUT2D eigenvalue weighted by atomic mass is 19.1. The molecule has 17 heteroatoms. The highest BCUT2D eigenvalue weighted by Crippen LogP contribution is 2.48. The molecule has 4 N–H and O–H groups in total. The summed E-state index contributed by atoms with van der Waals surface area (Å²) >= 11 is 0. The third-order valence-electron chi connectivity index (χ3n) is 14.2. The first-order chi connectivity index (χ1) is 31.5. The first-order valence-corrected chi connectivity index (χ1v) is 23.6. The van der Waals surface area contributed by atoms with Crippen molar-refractivity contribution in [3.05, 3.63) is 60.0 Å². The number of carbonyl (C=O) groups is 3. The van der Waals surface area contributed by atoms with Crippen LogP contribution in [0.2, 0.25) is 0 Å². The lowest BCUT2D eigenvalue weighted by atomic mass is 9.72. The van der Waals surface area contributed by atoms with Crippen LogP contribution in [-0.2, 0) is 14.4 Å². The Morgan fingerprint density at radius 1 is 0.938 bits per heavy atom. The fourth-order valence-electron chi connectivity index (χ4n) is 10.5. The van der Waals surface area contributed by atoms with Crippen LogP contribution in [0.4, 0.5) is 21.6 Å². The largest absolute Gasteiger partial charge is 0.383 e. The van der Waals surface area contributed by atoms with E-state index in [-0.39, 0.29) is 41.4 Å². The first-order valence-electron chi connectivity index (χ1n) is 23.6. The number of amides is 3. The van der Waals surface area contributed by atoms with Crippen molar-refractivity contribution in [3.63, 3.8) is 0 Å². The number of benzene rings is 1. The summed E-state index contributed by atoms with van der Waals surface area (Å²) in [6, 6.07) is 8.78. The lowest BCUT2D eigenvalue weighted by Crippen LogP contribution is -2.72. The number of carbonyl (C=O) groups excluding carboxylic acids is 3. The zero-order valence-corrected chi connectivity index (χ0v) is 37.4. The van der Waals surface area contributed by atoms with Gasteiger partial charge in [0.25, 0.3) is 0 Å². The number of fused-ring (bicyclic) bond motifs is 1. The number of anilines is 3. The second-order valence-corrected chi connectivity index (χ2v) is 19.4. The number of imide groups is 1. The van der Waals surface area contributed by atoms with Gasteiger partial charge < -0.3 is 30.3 Å². The van der Waals surface area contributed by atoms with Gasteiger partial charge in [0.15, 0.2) is 5.65 Å². The maximum atomic E-state index is 15.1. The quantitative estimate of drug-likeness (QED) is 0.0692. The van der Waals surface area contributed by atoms with Gasteiger partial charge in [-0.05, 0) is 101 Å². The average molecular weight is 887 g/mol. The Kier molecular flexibility index (Phi) is 11.7. The summed E-state index contributed by atoms with van der Waals surface area (Å²) in [5.74, 6) is 1.16. The van der Waals surface area contributed by atoms with Gasteiger partial charge in [0, 0.05) is 81.4 Å². The van der Waals surface area contributed by atoms with E-state index in [1.807, 2.05) is 15.8 Å². The fourth-order valence-corrected chi connectivity index (χ4v) is 10.5. The number of unbranched alkanes of at least 4 members (excludes halogenated alkanes) is 4. The number of pyridine rings is 1. The Labute approximate surface area is 377 Å². The number of hydrogen-bond acceptors (Lipinski definition) is 13. The summed E-state index contributed by atoms with van der Waals surface area (Å²) in [6.45, 7) is 10.5. The molecule has 0 bridgehead atoms. The molecule has 1 atom stereocenters. The lowest BCUT2D eigenvalue weighted by molar-refractivity contribution is -0.134. The molecule has 4 aliphatic heterocycles. The second kappa shape index (κ2) is 17.8.